The number of aldehydes is 1. The van der Waals surface area contributed by atoms with Crippen molar-refractivity contribution < 1.29 is 4.79 Å². The molecule has 0 fully saturated rings. The van der Waals surface area contributed by atoms with Gasteiger partial charge in [0.25, 0.3) is 0 Å². The van der Waals surface area contributed by atoms with Crippen LogP contribution in [0.15, 0.2) is 18.5 Å². The largest absolute Gasteiger partial charge is 0.349 e. The van der Waals surface area contributed by atoms with Crippen molar-refractivity contribution in [2.75, 3.05) is 0 Å². The van der Waals surface area contributed by atoms with Crippen LogP contribution in [0.1, 0.15) is 10.4 Å². The Bertz CT molecular complexity index is 476. The number of rotatable bonds is 1. The monoisotopic (exact) mass is 194 g/mol. The molecule has 0 atom stereocenters. The normalized spacial score (nSPS) is 10.6. The van der Waals surface area contributed by atoms with Gasteiger partial charge in [-0.3, -0.25) is 4.79 Å². The predicted molar refractivity (Wildman–Crippen MR) is 51.1 cm³/mol. The van der Waals surface area contributed by atoms with Gasteiger partial charge in [0.1, 0.15) is 5.15 Å². The predicted octanol–water partition coefficient (Wildman–Crippen LogP) is 2.04. The SMILES string of the molecule is Cn1cc(C=O)c2cc(Cl)ncc21. The van der Waals surface area contributed by atoms with Gasteiger partial charge >= 0.3 is 0 Å². The first kappa shape index (κ1) is 8.26. The zero-order chi connectivity index (χ0) is 9.42. The molecule has 0 bridgehead atoms. The summed E-state index contributed by atoms with van der Waals surface area (Å²) in [5.41, 5.74) is 1.55. The molecule has 0 N–H and O–H groups in total. The fourth-order valence-electron chi connectivity index (χ4n) is 1.38. The van der Waals surface area contributed by atoms with E-state index in [1.807, 2.05) is 11.6 Å². The van der Waals surface area contributed by atoms with Gasteiger partial charge in [-0.05, 0) is 6.07 Å². The van der Waals surface area contributed by atoms with Crippen LogP contribution in [0, 0.1) is 0 Å². The number of carbonyl (C=O) groups excluding carboxylic acids is 1. The van der Waals surface area contributed by atoms with E-state index in [0.717, 1.165) is 17.2 Å². The summed E-state index contributed by atoms with van der Waals surface area (Å²) < 4.78 is 1.85. The molecule has 13 heavy (non-hydrogen) atoms. The summed E-state index contributed by atoms with van der Waals surface area (Å²) in [4.78, 5) is 14.6. The molecule has 0 aromatic carbocycles. The lowest BCUT2D eigenvalue weighted by Gasteiger charge is -1.94. The van der Waals surface area contributed by atoms with Crippen molar-refractivity contribution in [2.45, 2.75) is 0 Å². The Morgan fingerprint density at radius 2 is 2.38 bits per heavy atom. The van der Waals surface area contributed by atoms with Gasteiger partial charge in [0.05, 0.1) is 11.7 Å². The summed E-state index contributed by atoms with van der Waals surface area (Å²) in [5, 5.41) is 1.25. The number of halogens is 1. The molecule has 4 heteroatoms. The molecule has 3 nitrogen and oxygen atoms in total. The molecular formula is C9H7ClN2O. The molecule has 0 aliphatic carbocycles. The van der Waals surface area contributed by atoms with Crippen LogP contribution in [0.2, 0.25) is 5.15 Å². The third-order valence-corrected chi connectivity index (χ3v) is 2.21. The highest BCUT2D eigenvalue weighted by atomic mass is 35.5. The fraction of sp³-hybridized carbons (Fsp3) is 0.111. The van der Waals surface area contributed by atoms with Gasteiger partial charge in [-0.1, -0.05) is 11.6 Å². The van der Waals surface area contributed by atoms with E-state index in [0.29, 0.717) is 10.7 Å². The van der Waals surface area contributed by atoms with Crippen molar-refractivity contribution in [3.8, 4) is 0 Å². The summed E-state index contributed by atoms with van der Waals surface area (Å²) >= 11 is 5.72. The molecular weight excluding hydrogens is 188 g/mol. The lowest BCUT2D eigenvalue weighted by molar-refractivity contribution is 0.112. The molecule has 2 rings (SSSR count). The van der Waals surface area contributed by atoms with E-state index < -0.39 is 0 Å². The van der Waals surface area contributed by atoms with Crippen LogP contribution in [-0.2, 0) is 7.05 Å². The molecule has 0 aliphatic rings. The van der Waals surface area contributed by atoms with Crippen LogP contribution < -0.4 is 0 Å². The number of hydrogen-bond acceptors (Lipinski definition) is 2. The van der Waals surface area contributed by atoms with Gasteiger partial charge in [0.2, 0.25) is 0 Å². The van der Waals surface area contributed by atoms with Gasteiger partial charge in [0.15, 0.2) is 6.29 Å². The molecule has 0 amide bonds. The zero-order valence-electron chi connectivity index (χ0n) is 6.99. The summed E-state index contributed by atoms with van der Waals surface area (Å²) in [5.74, 6) is 0. The summed E-state index contributed by atoms with van der Waals surface area (Å²) in [6.45, 7) is 0. The molecule has 2 aromatic heterocycles. The van der Waals surface area contributed by atoms with Crippen molar-refractivity contribution in [2.24, 2.45) is 7.05 Å². The first-order valence-electron chi connectivity index (χ1n) is 3.78. The van der Waals surface area contributed by atoms with E-state index in [4.69, 9.17) is 11.6 Å². The Kier molecular flexibility index (Phi) is 1.81. The highest BCUT2D eigenvalue weighted by Gasteiger charge is 2.05. The average Bonchev–Trinajstić information content (AvgIpc) is 2.42. The first-order valence-corrected chi connectivity index (χ1v) is 4.16. The van der Waals surface area contributed by atoms with Crippen molar-refractivity contribution in [1.82, 2.24) is 9.55 Å². The molecule has 0 spiro atoms. The Morgan fingerprint density at radius 1 is 1.62 bits per heavy atom. The van der Waals surface area contributed by atoms with Crippen LogP contribution in [0.4, 0.5) is 0 Å². The summed E-state index contributed by atoms with van der Waals surface area (Å²) in [7, 11) is 1.87. The number of fused-ring (bicyclic) bond motifs is 1. The van der Waals surface area contributed by atoms with Crippen LogP contribution in [0.5, 0.6) is 0 Å². The maximum absolute atomic E-state index is 10.7. The lowest BCUT2D eigenvalue weighted by atomic mass is 10.2. The maximum atomic E-state index is 10.7. The van der Waals surface area contributed by atoms with E-state index in [1.54, 1.807) is 18.5 Å². The Balaban J connectivity index is 2.89. The van der Waals surface area contributed by atoms with Crippen LogP contribution in [0.25, 0.3) is 10.9 Å². The molecule has 0 radical (unpaired) electrons. The number of aromatic nitrogens is 2. The maximum Gasteiger partial charge on any atom is 0.152 e. The van der Waals surface area contributed by atoms with Gasteiger partial charge in [-0.15, -0.1) is 0 Å². The minimum atomic E-state index is 0.404. The lowest BCUT2D eigenvalue weighted by Crippen LogP contribution is -1.84. The van der Waals surface area contributed by atoms with E-state index in [-0.39, 0.29) is 0 Å². The van der Waals surface area contributed by atoms with E-state index >= 15 is 0 Å². The van der Waals surface area contributed by atoms with Crippen LogP contribution >= 0.6 is 11.6 Å². The standard InChI is InChI=1S/C9H7ClN2O/c1-12-4-6(5-13)7-2-9(10)11-3-8(7)12/h2-5H,1H3. The zero-order valence-corrected chi connectivity index (χ0v) is 7.75. The van der Waals surface area contributed by atoms with Crippen molar-refractivity contribution in [1.29, 1.82) is 0 Å². The highest BCUT2D eigenvalue weighted by molar-refractivity contribution is 6.30. The van der Waals surface area contributed by atoms with Crippen molar-refractivity contribution in [3.63, 3.8) is 0 Å². The van der Waals surface area contributed by atoms with Gasteiger partial charge < -0.3 is 4.57 Å². The van der Waals surface area contributed by atoms with E-state index in [1.165, 1.54) is 0 Å². The molecule has 66 valence electrons. The quantitative estimate of drug-likeness (QED) is 0.514. The molecule has 0 aliphatic heterocycles. The Labute approximate surface area is 79.9 Å². The van der Waals surface area contributed by atoms with Gasteiger partial charge in [-0.25, -0.2) is 4.98 Å². The highest BCUT2D eigenvalue weighted by Crippen LogP contribution is 2.20. The van der Waals surface area contributed by atoms with Crippen molar-refractivity contribution >= 4 is 28.8 Å². The number of aryl methyl sites for hydroxylation is 1. The third-order valence-electron chi connectivity index (χ3n) is 2.00. The van der Waals surface area contributed by atoms with E-state index in [9.17, 15) is 4.79 Å². The second-order valence-corrected chi connectivity index (χ2v) is 3.22. The minimum absolute atomic E-state index is 0.404. The minimum Gasteiger partial charge on any atom is -0.349 e. The number of hydrogen-bond donors (Lipinski definition) is 0. The third kappa shape index (κ3) is 1.21. The second kappa shape index (κ2) is 2.85. The van der Waals surface area contributed by atoms with E-state index in [2.05, 4.69) is 4.98 Å². The van der Waals surface area contributed by atoms with Crippen LogP contribution in [0.3, 0.4) is 0 Å². The van der Waals surface area contributed by atoms with Gasteiger partial charge in [0, 0.05) is 24.2 Å². The second-order valence-electron chi connectivity index (χ2n) is 2.84. The molecule has 0 saturated heterocycles. The average molecular weight is 195 g/mol. The molecule has 0 unspecified atom stereocenters. The number of carbonyl (C=O) groups is 1. The first-order chi connectivity index (χ1) is 6.22. The summed E-state index contributed by atoms with van der Waals surface area (Å²) in [6, 6.07) is 1.70. The van der Waals surface area contributed by atoms with Gasteiger partial charge in [-0.2, -0.15) is 0 Å². The Morgan fingerprint density at radius 3 is 3.08 bits per heavy atom. The molecule has 2 heterocycles. The fourth-order valence-corrected chi connectivity index (χ4v) is 1.53. The van der Waals surface area contributed by atoms with Crippen LogP contribution in [-0.4, -0.2) is 15.8 Å². The summed E-state index contributed by atoms with van der Waals surface area (Å²) in [6.07, 6.45) is 4.24. The number of nitrogens with zero attached hydrogens (tertiary/aromatic N) is 2. The smallest absolute Gasteiger partial charge is 0.152 e. The van der Waals surface area contributed by atoms with Crippen molar-refractivity contribution in [3.05, 3.63) is 29.2 Å². The Hall–Kier alpha value is -1.35. The topological polar surface area (TPSA) is 34.9 Å². The number of pyridine rings is 1. The molecule has 2 aromatic rings. The molecule has 0 saturated carbocycles.